The molecule has 11 heteroatoms. The number of rotatable bonds is 6. The summed E-state index contributed by atoms with van der Waals surface area (Å²) in [5.41, 5.74) is 4.67. The van der Waals surface area contributed by atoms with E-state index in [4.69, 9.17) is 4.74 Å². The molecular weight excluding hydrogens is 433 g/mol. The molecule has 0 bridgehead atoms. The molecule has 0 aliphatic carbocycles. The third-order valence-corrected chi connectivity index (χ3v) is 7.99. The summed E-state index contributed by atoms with van der Waals surface area (Å²) in [4.78, 5) is 24.4. The molecule has 2 N–H and O–H groups in total. The number of hydrogen-bond donors (Lipinski definition) is 2. The van der Waals surface area contributed by atoms with Crippen molar-refractivity contribution in [2.75, 3.05) is 13.1 Å². The van der Waals surface area contributed by atoms with Crippen LogP contribution in [0.3, 0.4) is 0 Å². The SMILES string of the molecule is C[C@H](Oc1ccc(F)cc1)C(=O)NNC(=O)C1CCN(S(=O)(=O)c2cccs2)CC1. The maximum Gasteiger partial charge on any atom is 0.279 e. The Bertz CT molecular complexity index is 972. The van der Waals surface area contributed by atoms with Gasteiger partial charge in [0, 0.05) is 19.0 Å². The van der Waals surface area contributed by atoms with Crippen LogP contribution in [0.4, 0.5) is 4.39 Å². The Kier molecular flexibility index (Phi) is 7.06. The average Bonchev–Trinajstić information content (AvgIpc) is 3.29. The number of carbonyl (C=O) groups is 2. The second-order valence-corrected chi connectivity index (χ2v) is 9.92. The lowest BCUT2D eigenvalue weighted by Crippen LogP contribution is -2.50. The van der Waals surface area contributed by atoms with Crippen LogP contribution in [0.15, 0.2) is 46.0 Å². The summed E-state index contributed by atoms with van der Waals surface area (Å²) in [5.74, 6) is -1.45. The zero-order chi connectivity index (χ0) is 21.7. The highest BCUT2D eigenvalue weighted by Crippen LogP contribution is 2.26. The molecule has 0 spiro atoms. The van der Waals surface area contributed by atoms with Gasteiger partial charge < -0.3 is 4.74 Å². The third kappa shape index (κ3) is 5.35. The van der Waals surface area contributed by atoms with Crippen molar-refractivity contribution in [3.05, 3.63) is 47.6 Å². The van der Waals surface area contributed by atoms with E-state index >= 15 is 0 Å². The standard InChI is InChI=1S/C19H22FN3O5S2/c1-13(28-16-6-4-15(20)5-7-16)18(24)21-22-19(25)14-8-10-23(11-9-14)30(26,27)17-3-2-12-29-17/h2-7,12-14H,8-11H2,1H3,(H,21,24)(H,22,25)/t13-/m0/s1. The number of carbonyl (C=O) groups excluding carboxylic acids is 2. The molecule has 2 aromatic rings. The van der Waals surface area contributed by atoms with Crippen LogP contribution in [0.25, 0.3) is 0 Å². The summed E-state index contributed by atoms with van der Waals surface area (Å²) in [6.45, 7) is 1.96. The molecule has 2 amide bonds. The lowest BCUT2D eigenvalue weighted by molar-refractivity contribution is -0.134. The molecule has 8 nitrogen and oxygen atoms in total. The Labute approximate surface area is 178 Å². The zero-order valence-corrected chi connectivity index (χ0v) is 17.8. The molecule has 30 heavy (non-hydrogen) atoms. The summed E-state index contributed by atoms with van der Waals surface area (Å²) >= 11 is 1.16. The van der Waals surface area contributed by atoms with Gasteiger partial charge in [0.1, 0.15) is 15.8 Å². The number of hydrogen-bond acceptors (Lipinski definition) is 6. The lowest BCUT2D eigenvalue weighted by atomic mass is 9.98. The zero-order valence-electron chi connectivity index (χ0n) is 16.2. The van der Waals surface area contributed by atoms with Crippen LogP contribution in [-0.2, 0) is 19.6 Å². The van der Waals surface area contributed by atoms with Crippen molar-refractivity contribution in [2.24, 2.45) is 5.92 Å². The van der Waals surface area contributed by atoms with Gasteiger partial charge in [-0.25, -0.2) is 12.8 Å². The van der Waals surface area contributed by atoms with E-state index in [1.54, 1.807) is 17.5 Å². The highest BCUT2D eigenvalue weighted by molar-refractivity contribution is 7.91. The number of sulfonamides is 1. The number of amides is 2. The van der Waals surface area contributed by atoms with Crippen molar-refractivity contribution in [3.8, 4) is 5.75 Å². The first-order valence-electron chi connectivity index (χ1n) is 9.33. The third-order valence-electron chi connectivity index (χ3n) is 4.72. The van der Waals surface area contributed by atoms with E-state index in [0.717, 1.165) is 11.3 Å². The number of hydrazine groups is 1. The summed E-state index contributed by atoms with van der Waals surface area (Å²) in [6.07, 6.45) is -0.199. The van der Waals surface area contributed by atoms with E-state index in [2.05, 4.69) is 10.9 Å². The Morgan fingerprint density at radius 1 is 1.17 bits per heavy atom. The van der Waals surface area contributed by atoms with Crippen LogP contribution in [0.5, 0.6) is 5.75 Å². The van der Waals surface area contributed by atoms with E-state index in [0.29, 0.717) is 18.6 Å². The van der Waals surface area contributed by atoms with Crippen molar-refractivity contribution in [2.45, 2.75) is 30.1 Å². The van der Waals surface area contributed by atoms with Gasteiger partial charge in [0.2, 0.25) is 5.91 Å². The van der Waals surface area contributed by atoms with Gasteiger partial charge in [0.25, 0.3) is 15.9 Å². The maximum atomic E-state index is 12.9. The smallest absolute Gasteiger partial charge is 0.279 e. The largest absolute Gasteiger partial charge is 0.481 e. The number of piperidine rings is 1. The second-order valence-electron chi connectivity index (χ2n) is 6.80. The number of benzene rings is 1. The Balaban J connectivity index is 1.44. The first-order valence-corrected chi connectivity index (χ1v) is 11.6. The van der Waals surface area contributed by atoms with Gasteiger partial charge in [-0.1, -0.05) is 6.07 Å². The predicted molar refractivity (Wildman–Crippen MR) is 109 cm³/mol. The minimum absolute atomic E-state index is 0.232. The van der Waals surface area contributed by atoms with Crippen LogP contribution in [0, 0.1) is 11.7 Å². The van der Waals surface area contributed by atoms with Gasteiger partial charge in [-0.05, 0) is 55.5 Å². The molecule has 0 radical (unpaired) electrons. The average molecular weight is 456 g/mol. The summed E-state index contributed by atoms with van der Waals surface area (Å²) in [7, 11) is -3.53. The molecule has 0 saturated carbocycles. The van der Waals surface area contributed by atoms with Crippen molar-refractivity contribution < 1.29 is 27.1 Å². The summed E-state index contributed by atoms with van der Waals surface area (Å²) in [5, 5.41) is 1.70. The van der Waals surface area contributed by atoms with Crippen molar-refractivity contribution in [1.82, 2.24) is 15.2 Å². The molecule has 3 rings (SSSR count). The van der Waals surface area contributed by atoms with E-state index in [1.165, 1.54) is 35.5 Å². The molecule has 1 atom stereocenters. The quantitative estimate of drug-likeness (QED) is 0.648. The van der Waals surface area contributed by atoms with Gasteiger partial charge >= 0.3 is 0 Å². The van der Waals surface area contributed by atoms with E-state index in [1.807, 2.05) is 0 Å². The summed E-state index contributed by atoms with van der Waals surface area (Å²) < 4.78 is 45.0. The highest BCUT2D eigenvalue weighted by Gasteiger charge is 2.32. The van der Waals surface area contributed by atoms with Crippen LogP contribution in [0.2, 0.25) is 0 Å². The predicted octanol–water partition coefficient (Wildman–Crippen LogP) is 1.90. The normalized spacial score (nSPS) is 16.6. The first kappa shape index (κ1) is 22.2. The Morgan fingerprint density at radius 3 is 2.43 bits per heavy atom. The molecule has 1 saturated heterocycles. The fraction of sp³-hybridized carbons (Fsp3) is 0.368. The number of thiophene rings is 1. The van der Waals surface area contributed by atoms with Gasteiger partial charge in [-0.3, -0.25) is 20.4 Å². The minimum atomic E-state index is -3.53. The summed E-state index contributed by atoms with van der Waals surface area (Å²) in [6, 6.07) is 8.47. The first-order chi connectivity index (χ1) is 14.3. The van der Waals surface area contributed by atoms with Gasteiger partial charge in [-0.15, -0.1) is 11.3 Å². The van der Waals surface area contributed by atoms with Gasteiger partial charge in [-0.2, -0.15) is 4.31 Å². The van der Waals surface area contributed by atoms with E-state index in [9.17, 15) is 22.4 Å². The number of nitrogens with zero attached hydrogens (tertiary/aromatic N) is 1. The lowest BCUT2D eigenvalue weighted by Gasteiger charge is -2.30. The molecule has 1 fully saturated rings. The molecule has 1 aliphatic rings. The molecule has 1 aromatic carbocycles. The second kappa shape index (κ2) is 9.54. The molecule has 2 heterocycles. The van der Waals surface area contributed by atoms with Gasteiger partial charge in [0.05, 0.1) is 0 Å². The van der Waals surface area contributed by atoms with E-state index in [-0.39, 0.29) is 23.2 Å². The van der Waals surface area contributed by atoms with Crippen LogP contribution in [0.1, 0.15) is 19.8 Å². The van der Waals surface area contributed by atoms with Crippen LogP contribution < -0.4 is 15.6 Å². The van der Waals surface area contributed by atoms with Crippen molar-refractivity contribution >= 4 is 33.2 Å². The highest BCUT2D eigenvalue weighted by atomic mass is 32.2. The number of halogens is 1. The molecule has 0 unspecified atom stereocenters. The van der Waals surface area contributed by atoms with Crippen molar-refractivity contribution in [1.29, 1.82) is 0 Å². The Morgan fingerprint density at radius 2 is 1.83 bits per heavy atom. The van der Waals surface area contributed by atoms with Crippen molar-refractivity contribution in [3.63, 3.8) is 0 Å². The molecular formula is C19H22FN3O5S2. The molecule has 1 aromatic heterocycles. The van der Waals surface area contributed by atoms with E-state index < -0.39 is 33.8 Å². The number of nitrogens with one attached hydrogen (secondary N) is 2. The Hall–Kier alpha value is -2.50. The monoisotopic (exact) mass is 455 g/mol. The molecule has 162 valence electrons. The fourth-order valence-electron chi connectivity index (χ4n) is 2.99. The van der Waals surface area contributed by atoms with Crippen LogP contribution in [-0.4, -0.2) is 43.7 Å². The minimum Gasteiger partial charge on any atom is -0.481 e. The molecule has 1 aliphatic heterocycles. The maximum absolute atomic E-state index is 12.9. The van der Waals surface area contributed by atoms with Crippen LogP contribution >= 0.6 is 11.3 Å². The topological polar surface area (TPSA) is 105 Å². The number of ether oxygens (including phenoxy) is 1. The van der Waals surface area contributed by atoms with Gasteiger partial charge in [0.15, 0.2) is 6.10 Å². The fourth-order valence-corrected chi connectivity index (χ4v) is 5.61.